The lowest BCUT2D eigenvalue weighted by Crippen LogP contribution is -2.46. The highest BCUT2D eigenvalue weighted by molar-refractivity contribution is 5.74. The molecular weight excluding hydrogens is 272 g/mol. The van der Waals surface area contributed by atoms with Crippen molar-refractivity contribution in [3.8, 4) is 0 Å². The van der Waals surface area contributed by atoms with Gasteiger partial charge in [0.05, 0.1) is 6.10 Å². The third kappa shape index (κ3) is 7.32. The van der Waals surface area contributed by atoms with Crippen LogP contribution in [0.3, 0.4) is 0 Å². The van der Waals surface area contributed by atoms with E-state index in [-0.39, 0.29) is 18.6 Å². The molecule has 0 aromatic heterocycles. The molecule has 1 unspecified atom stereocenters. The molecule has 2 amide bonds. The van der Waals surface area contributed by atoms with Gasteiger partial charge in [0.25, 0.3) is 0 Å². The quantitative estimate of drug-likeness (QED) is 0.719. The molecule has 6 heteroatoms. The van der Waals surface area contributed by atoms with Gasteiger partial charge in [-0.05, 0) is 38.5 Å². The predicted molar refractivity (Wildman–Crippen MR) is 80.3 cm³/mol. The fourth-order valence-corrected chi connectivity index (χ4v) is 2.51. The Morgan fingerprint density at radius 2 is 2.00 bits per heavy atom. The number of amides is 2. The smallest absolute Gasteiger partial charge is 0.317 e. The van der Waals surface area contributed by atoms with Crippen molar-refractivity contribution in [2.24, 2.45) is 5.92 Å². The molecule has 0 spiro atoms. The van der Waals surface area contributed by atoms with E-state index in [1.165, 1.54) is 0 Å². The van der Waals surface area contributed by atoms with Gasteiger partial charge in [-0.15, -0.1) is 0 Å². The Kier molecular flexibility index (Phi) is 8.12. The fraction of sp³-hybridized carbons (Fsp3) is 0.867. The number of nitrogens with one attached hydrogen (secondary N) is 1. The third-order valence-electron chi connectivity index (χ3n) is 3.90. The summed E-state index contributed by atoms with van der Waals surface area (Å²) < 4.78 is 5.56. The van der Waals surface area contributed by atoms with Gasteiger partial charge in [0.2, 0.25) is 0 Å². The molecule has 0 aromatic rings. The number of carbonyl (C=O) groups is 2. The van der Waals surface area contributed by atoms with E-state index in [0.717, 1.165) is 39.0 Å². The van der Waals surface area contributed by atoms with Crippen LogP contribution < -0.4 is 5.32 Å². The lowest BCUT2D eigenvalue weighted by molar-refractivity contribution is -0.137. The maximum absolute atomic E-state index is 12.0. The summed E-state index contributed by atoms with van der Waals surface area (Å²) in [5.74, 6) is -0.451. The Morgan fingerprint density at radius 3 is 2.57 bits per heavy atom. The molecule has 0 aromatic carbocycles. The summed E-state index contributed by atoms with van der Waals surface area (Å²) in [6.07, 6.45) is 3.75. The van der Waals surface area contributed by atoms with Crippen LogP contribution in [0.4, 0.5) is 4.79 Å². The second kappa shape index (κ2) is 9.60. The monoisotopic (exact) mass is 300 g/mol. The van der Waals surface area contributed by atoms with E-state index in [1.54, 1.807) is 0 Å². The summed E-state index contributed by atoms with van der Waals surface area (Å²) in [7, 11) is 0. The van der Waals surface area contributed by atoms with Crippen molar-refractivity contribution in [1.29, 1.82) is 0 Å². The van der Waals surface area contributed by atoms with Crippen LogP contribution in [0.25, 0.3) is 0 Å². The van der Waals surface area contributed by atoms with Gasteiger partial charge in [-0.1, -0.05) is 6.92 Å². The Labute approximate surface area is 126 Å². The van der Waals surface area contributed by atoms with Crippen LogP contribution in [0.5, 0.6) is 0 Å². The van der Waals surface area contributed by atoms with Crippen LogP contribution in [-0.4, -0.2) is 54.4 Å². The van der Waals surface area contributed by atoms with E-state index < -0.39 is 5.97 Å². The maximum Gasteiger partial charge on any atom is 0.317 e. The topological polar surface area (TPSA) is 78.9 Å². The van der Waals surface area contributed by atoms with E-state index in [1.807, 2.05) is 18.7 Å². The minimum absolute atomic E-state index is 0.0182. The number of ether oxygens (including phenoxy) is 1. The molecule has 1 rings (SSSR count). The first-order chi connectivity index (χ1) is 10.0. The number of hydrogen-bond donors (Lipinski definition) is 2. The summed E-state index contributed by atoms with van der Waals surface area (Å²) in [4.78, 5) is 24.3. The van der Waals surface area contributed by atoms with Crippen molar-refractivity contribution >= 4 is 12.0 Å². The highest BCUT2D eigenvalue weighted by atomic mass is 16.5. The summed E-state index contributed by atoms with van der Waals surface area (Å²) >= 11 is 0. The lowest BCUT2D eigenvalue weighted by atomic mass is 10.0. The summed E-state index contributed by atoms with van der Waals surface area (Å²) in [6, 6.07) is -0.0182. The highest BCUT2D eigenvalue weighted by Gasteiger charge is 2.22. The SMILES string of the molecule is CCOC1CCN(C(=O)NCCC(C)CCC(=O)O)CC1. The zero-order valence-electron chi connectivity index (χ0n) is 13.1. The van der Waals surface area contributed by atoms with Gasteiger partial charge in [0.15, 0.2) is 0 Å². The number of piperidine rings is 1. The zero-order valence-corrected chi connectivity index (χ0v) is 13.1. The molecule has 122 valence electrons. The number of carbonyl (C=O) groups excluding carboxylic acids is 1. The summed E-state index contributed by atoms with van der Waals surface area (Å²) in [6.45, 7) is 6.82. The van der Waals surface area contributed by atoms with Crippen LogP contribution in [0.2, 0.25) is 0 Å². The number of likely N-dealkylation sites (tertiary alicyclic amines) is 1. The van der Waals surface area contributed by atoms with Gasteiger partial charge in [-0.2, -0.15) is 0 Å². The number of rotatable bonds is 8. The summed E-state index contributed by atoms with van der Waals surface area (Å²) in [5, 5.41) is 11.5. The first kappa shape index (κ1) is 17.8. The maximum atomic E-state index is 12.0. The largest absolute Gasteiger partial charge is 0.481 e. The van der Waals surface area contributed by atoms with E-state index in [2.05, 4.69) is 5.32 Å². The first-order valence-corrected chi connectivity index (χ1v) is 7.89. The normalized spacial score (nSPS) is 17.5. The zero-order chi connectivity index (χ0) is 15.7. The fourth-order valence-electron chi connectivity index (χ4n) is 2.51. The van der Waals surface area contributed by atoms with Crippen LogP contribution >= 0.6 is 0 Å². The second-order valence-electron chi connectivity index (χ2n) is 5.70. The van der Waals surface area contributed by atoms with Gasteiger partial charge in [-0.3, -0.25) is 4.79 Å². The molecule has 0 bridgehead atoms. The molecule has 6 nitrogen and oxygen atoms in total. The molecule has 1 saturated heterocycles. The van der Waals surface area contributed by atoms with Gasteiger partial charge >= 0.3 is 12.0 Å². The lowest BCUT2D eigenvalue weighted by Gasteiger charge is -2.31. The van der Waals surface area contributed by atoms with E-state index in [0.29, 0.717) is 18.9 Å². The molecule has 0 aliphatic carbocycles. The van der Waals surface area contributed by atoms with Gasteiger partial charge in [-0.25, -0.2) is 4.79 Å². The first-order valence-electron chi connectivity index (χ1n) is 7.89. The van der Waals surface area contributed by atoms with Crippen LogP contribution in [0.15, 0.2) is 0 Å². The molecule has 1 aliphatic heterocycles. The van der Waals surface area contributed by atoms with Crippen LogP contribution in [-0.2, 0) is 9.53 Å². The molecule has 1 atom stereocenters. The molecule has 21 heavy (non-hydrogen) atoms. The predicted octanol–water partition coefficient (Wildman–Crippen LogP) is 2.09. The average molecular weight is 300 g/mol. The number of carboxylic acid groups (broad SMARTS) is 1. The number of nitrogens with zero attached hydrogens (tertiary/aromatic N) is 1. The van der Waals surface area contributed by atoms with Gasteiger partial charge < -0.3 is 20.1 Å². The molecule has 1 heterocycles. The number of urea groups is 1. The third-order valence-corrected chi connectivity index (χ3v) is 3.90. The van der Waals surface area contributed by atoms with Gasteiger partial charge in [0.1, 0.15) is 0 Å². The van der Waals surface area contributed by atoms with Crippen molar-refractivity contribution in [2.45, 2.75) is 52.1 Å². The average Bonchev–Trinajstić information content (AvgIpc) is 2.46. The number of aliphatic carboxylic acids is 1. The molecular formula is C15H28N2O4. The molecule has 0 saturated carbocycles. The van der Waals surface area contributed by atoms with Crippen molar-refractivity contribution in [3.05, 3.63) is 0 Å². The number of hydrogen-bond acceptors (Lipinski definition) is 3. The minimum atomic E-state index is -0.761. The Hall–Kier alpha value is -1.30. The van der Waals surface area contributed by atoms with Crippen molar-refractivity contribution in [3.63, 3.8) is 0 Å². The van der Waals surface area contributed by atoms with Crippen molar-refractivity contribution in [2.75, 3.05) is 26.2 Å². The van der Waals surface area contributed by atoms with Crippen molar-refractivity contribution < 1.29 is 19.4 Å². The standard InChI is InChI=1S/C15H28N2O4/c1-3-21-13-7-10-17(11-8-13)15(20)16-9-6-12(2)4-5-14(18)19/h12-13H,3-11H2,1-2H3,(H,16,20)(H,18,19). The second-order valence-corrected chi connectivity index (χ2v) is 5.70. The Morgan fingerprint density at radius 1 is 1.33 bits per heavy atom. The van der Waals surface area contributed by atoms with Crippen LogP contribution in [0, 0.1) is 5.92 Å². The van der Waals surface area contributed by atoms with Crippen molar-refractivity contribution in [1.82, 2.24) is 10.2 Å². The van der Waals surface area contributed by atoms with Gasteiger partial charge in [0, 0.05) is 32.7 Å². The molecule has 0 radical (unpaired) electrons. The van der Waals surface area contributed by atoms with E-state index in [4.69, 9.17) is 9.84 Å². The number of carboxylic acids is 1. The van der Waals surface area contributed by atoms with E-state index >= 15 is 0 Å². The molecule has 1 fully saturated rings. The van der Waals surface area contributed by atoms with E-state index in [9.17, 15) is 9.59 Å². The highest BCUT2D eigenvalue weighted by Crippen LogP contribution is 2.14. The Bertz CT molecular complexity index is 328. The summed E-state index contributed by atoms with van der Waals surface area (Å²) in [5.41, 5.74) is 0. The van der Waals surface area contributed by atoms with Crippen LogP contribution in [0.1, 0.15) is 46.0 Å². The molecule has 1 aliphatic rings. The molecule has 2 N–H and O–H groups in total. The minimum Gasteiger partial charge on any atom is -0.481 e. The Balaban J connectivity index is 2.12.